The van der Waals surface area contributed by atoms with E-state index in [1.807, 2.05) is 6.92 Å². The highest BCUT2D eigenvalue weighted by Crippen LogP contribution is 2.13. The number of nitrogens with zero attached hydrogens (tertiary/aromatic N) is 1. The largest absolute Gasteiger partial charge is 0.313 e. The summed E-state index contributed by atoms with van der Waals surface area (Å²) in [4.78, 5) is 0. The van der Waals surface area contributed by atoms with Gasteiger partial charge in [0.2, 0.25) is 10.0 Å². The van der Waals surface area contributed by atoms with Crippen molar-refractivity contribution >= 4 is 10.0 Å². The van der Waals surface area contributed by atoms with Crippen molar-refractivity contribution in [1.82, 2.24) is 9.62 Å². The van der Waals surface area contributed by atoms with Gasteiger partial charge in [-0.05, 0) is 25.3 Å². The van der Waals surface area contributed by atoms with Gasteiger partial charge in [0, 0.05) is 19.1 Å². The smallest absolute Gasteiger partial charge is 0.215 e. The summed E-state index contributed by atoms with van der Waals surface area (Å²) < 4.78 is 26.2. The molecule has 0 bridgehead atoms. The van der Waals surface area contributed by atoms with Gasteiger partial charge < -0.3 is 5.32 Å². The lowest BCUT2D eigenvalue weighted by molar-refractivity contribution is 0.359. The molecule has 102 valence electrons. The number of hydrogen-bond donors (Lipinski definition) is 1. The molecular formula is C12H26N2O2S. The molecule has 17 heavy (non-hydrogen) atoms. The Kier molecular flexibility index (Phi) is 5.89. The molecule has 1 heterocycles. The summed E-state index contributed by atoms with van der Waals surface area (Å²) in [6.45, 7) is 8.32. The first-order chi connectivity index (χ1) is 7.99. The van der Waals surface area contributed by atoms with Crippen LogP contribution in [0.2, 0.25) is 0 Å². The normalized spacial score (nSPS) is 23.2. The molecule has 5 heteroatoms. The second-order valence-electron chi connectivity index (χ2n) is 5.04. The molecule has 2 atom stereocenters. The topological polar surface area (TPSA) is 49.4 Å². The minimum absolute atomic E-state index is 0.158. The third-order valence-electron chi connectivity index (χ3n) is 3.53. The van der Waals surface area contributed by atoms with Crippen molar-refractivity contribution in [3.05, 3.63) is 0 Å². The Morgan fingerprint density at radius 1 is 1.41 bits per heavy atom. The van der Waals surface area contributed by atoms with Crippen molar-refractivity contribution in [2.45, 2.75) is 46.1 Å². The van der Waals surface area contributed by atoms with Crippen molar-refractivity contribution in [2.24, 2.45) is 5.92 Å². The maximum atomic E-state index is 12.3. The van der Waals surface area contributed by atoms with Crippen molar-refractivity contribution < 1.29 is 8.42 Å². The monoisotopic (exact) mass is 262 g/mol. The maximum Gasteiger partial charge on any atom is 0.215 e. The fourth-order valence-electron chi connectivity index (χ4n) is 2.17. The number of hydrogen-bond acceptors (Lipinski definition) is 3. The number of nitrogens with one attached hydrogen (secondary N) is 1. The van der Waals surface area contributed by atoms with Crippen LogP contribution in [0.4, 0.5) is 0 Å². The summed E-state index contributed by atoms with van der Waals surface area (Å²) in [5, 5.41) is 3.25. The molecule has 1 rings (SSSR count). The van der Waals surface area contributed by atoms with Crippen LogP contribution in [-0.2, 0) is 10.0 Å². The zero-order chi connectivity index (χ0) is 12.9. The average molecular weight is 262 g/mol. The summed E-state index contributed by atoms with van der Waals surface area (Å²) in [6.07, 6.45) is 3.10. The van der Waals surface area contributed by atoms with Crippen LogP contribution in [0.25, 0.3) is 0 Å². The van der Waals surface area contributed by atoms with E-state index in [1.165, 1.54) is 0 Å². The van der Waals surface area contributed by atoms with E-state index < -0.39 is 10.0 Å². The van der Waals surface area contributed by atoms with E-state index in [9.17, 15) is 8.42 Å². The van der Waals surface area contributed by atoms with Crippen molar-refractivity contribution in [1.29, 1.82) is 0 Å². The maximum absolute atomic E-state index is 12.3. The van der Waals surface area contributed by atoms with Crippen LogP contribution >= 0.6 is 0 Å². The fourth-order valence-corrected chi connectivity index (χ4v) is 4.05. The zero-order valence-electron chi connectivity index (χ0n) is 11.3. The van der Waals surface area contributed by atoms with Crippen LogP contribution in [0.15, 0.2) is 0 Å². The molecule has 1 N–H and O–H groups in total. The van der Waals surface area contributed by atoms with E-state index in [1.54, 1.807) is 4.31 Å². The molecule has 0 aromatic carbocycles. The molecule has 0 aromatic heterocycles. The molecule has 1 aliphatic heterocycles. The van der Waals surface area contributed by atoms with Crippen LogP contribution in [0.5, 0.6) is 0 Å². The van der Waals surface area contributed by atoms with Crippen LogP contribution in [0, 0.1) is 5.92 Å². The predicted molar refractivity (Wildman–Crippen MR) is 71.5 cm³/mol. The van der Waals surface area contributed by atoms with E-state index >= 15 is 0 Å². The van der Waals surface area contributed by atoms with Crippen molar-refractivity contribution in [2.75, 3.05) is 25.4 Å². The van der Waals surface area contributed by atoms with Gasteiger partial charge in [0.05, 0.1) is 5.75 Å². The Bertz CT molecular complexity index is 310. The second-order valence-corrected chi connectivity index (χ2v) is 7.05. The molecule has 1 saturated heterocycles. The van der Waals surface area contributed by atoms with Gasteiger partial charge in [-0.3, -0.25) is 0 Å². The SMILES string of the molecule is CCC(C)CN(CC)S(=O)(=O)CC1CCCN1. The minimum atomic E-state index is -3.09. The van der Waals surface area contributed by atoms with E-state index in [0.717, 1.165) is 25.8 Å². The first-order valence-electron chi connectivity index (χ1n) is 6.70. The van der Waals surface area contributed by atoms with Gasteiger partial charge in [-0.1, -0.05) is 27.2 Å². The Hall–Kier alpha value is -0.130. The molecule has 1 aliphatic rings. The van der Waals surface area contributed by atoms with Gasteiger partial charge in [-0.2, -0.15) is 0 Å². The second kappa shape index (κ2) is 6.71. The third kappa shape index (κ3) is 4.56. The molecule has 2 unspecified atom stereocenters. The van der Waals surface area contributed by atoms with Gasteiger partial charge >= 0.3 is 0 Å². The molecule has 0 saturated carbocycles. The zero-order valence-corrected chi connectivity index (χ0v) is 12.1. The van der Waals surface area contributed by atoms with E-state index in [2.05, 4.69) is 19.2 Å². The molecule has 0 aromatic rings. The first-order valence-corrected chi connectivity index (χ1v) is 8.31. The Morgan fingerprint density at radius 2 is 2.12 bits per heavy atom. The minimum Gasteiger partial charge on any atom is -0.313 e. The van der Waals surface area contributed by atoms with Crippen molar-refractivity contribution in [3.63, 3.8) is 0 Å². The summed E-state index contributed by atoms with van der Waals surface area (Å²) >= 11 is 0. The number of rotatable bonds is 7. The molecule has 0 spiro atoms. The first kappa shape index (κ1) is 14.9. The summed E-state index contributed by atoms with van der Waals surface area (Å²) in [7, 11) is -3.09. The fraction of sp³-hybridized carbons (Fsp3) is 1.00. The standard InChI is InChI=1S/C12H26N2O2S/c1-4-11(3)9-14(5-2)17(15,16)10-12-7-6-8-13-12/h11-13H,4-10H2,1-3H3. The highest BCUT2D eigenvalue weighted by atomic mass is 32.2. The highest BCUT2D eigenvalue weighted by molar-refractivity contribution is 7.89. The van der Waals surface area contributed by atoms with Crippen LogP contribution in [-0.4, -0.2) is 44.2 Å². The van der Waals surface area contributed by atoms with Crippen LogP contribution < -0.4 is 5.32 Å². The lowest BCUT2D eigenvalue weighted by Crippen LogP contribution is -2.41. The molecule has 0 aliphatic carbocycles. The summed E-state index contributed by atoms with van der Waals surface area (Å²) in [6, 6.07) is 0.158. The van der Waals surface area contributed by atoms with Gasteiger partial charge in [-0.25, -0.2) is 12.7 Å². The van der Waals surface area contributed by atoms with E-state index in [4.69, 9.17) is 0 Å². The van der Waals surface area contributed by atoms with Gasteiger partial charge in [0.15, 0.2) is 0 Å². The van der Waals surface area contributed by atoms with Gasteiger partial charge in [0.1, 0.15) is 0 Å². The Labute approximate surface area is 106 Å². The molecule has 0 amide bonds. The Morgan fingerprint density at radius 3 is 2.59 bits per heavy atom. The third-order valence-corrected chi connectivity index (χ3v) is 5.55. The average Bonchev–Trinajstić information content (AvgIpc) is 2.76. The summed E-state index contributed by atoms with van der Waals surface area (Å²) in [5.41, 5.74) is 0. The predicted octanol–water partition coefficient (Wildman–Crippen LogP) is 1.44. The van der Waals surface area contributed by atoms with E-state index in [0.29, 0.717) is 19.0 Å². The van der Waals surface area contributed by atoms with Crippen molar-refractivity contribution in [3.8, 4) is 0 Å². The lowest BCUT2D eigenvalue weighted by atomic mass is 10.1. The molecule has 4 nitrogen and oxygen atoms in total. The molecular weight excluding hydrogens is 236 g/mol. The van der Waals surface area contributed by atoms with E-state index in [-0.39, 0.29) is 11.8 Å². The highest BCUT2D eigenvalue weighted by Gasteiger charge is 2.27. The van der Waals surface area contributed by atoms with Gasteiger partial charge in [0.25, 0.3) is 0 Å². The van der Waals surface area contributed by atoms with Crippen LogP contribution in [0.1, 0.15) is 40.0 Å². The van der Waals surface area contributed by atoms with Gasteiger partial charge in [-0.15, -0.1) is 0 Å². The lowest BCUT2D eigenvalue weighted by Gasteiger charge is -2.25. The molecule has 1 fully saturated rings. The molecule has 0 radical (unpaired) electrons. The number of sulfonamides is 1. The van der Waals surface area contributed by atoms with Crippen LogP contribution in [0.3, 0.4) is 0 Å². The quantitative estimate of drug-likeness (QED) is 0.755. The Balaban J connectivity index is 2.58. The summed E-state index contributed by atoms with van der Waals surface area (Å²) in [5.74, 6) is 0.693.